The predicted octanol–water partition coefficient (Wildman–Crippen LogP) is 3.39. The van der Waals surface area contributed by atoms with Gasteiger partial charge in [0.25, 0.3) is 21.8 Å². The van der Waals surface area contributed by atoms with Crippen molar-refractivity contribution in [1.82, 2.24) is 10.0 Å². The lowest BCUT2D eigenvalue weighted by Gasteiger charge is -2.09. The van der Waals surface area contributed by atoms with E-state index in [1.807, 2.05) is 38.1 Å². The Labute approximate surface area is 182 Å². The first-order chi connectivity index (χ1) is 14.7. The Hall–Kier alpha value is -3.45. The largest absolute Gasteiger partial charge is 0.352 e. The lowest BCUT2D eigenvalue weighted by Crippen LogP contribution is -2.30. The van der Waals surface area contributed by atoms with E-state index in [0.717, 1.165) is 16.7 Å². The van der Waals surface area contributed by atoms with Crippen molar-refractivity contribution in [3.05, 3.63) is 101 Å². The normalized spacial score (nSPS) is 11.0. The van der Waals surface area contributed by atoms with Crippen LogP contribution < -0.4 is 10.0 Å². The minimum absolute atomic E-state index is 0.000972. The van der Waals surface area contributed by atoms with Gasteiger partial charge in [0.15, 0.2) is 0 Å². The third-order valence-electron chi connectivity index (χ3n) is 4.72. The van der Waals surface area contributed by atoms with E-state index in [4.69, 9.17) is 0 Å². The molecule has 3 rings (SSSR count). The second-order valence-electron chi connectivity index (χ2n) is 7.32. The zero-order chi connectivity index (χ0) is 22.4. The molecule has 0 aromatic heterocycles. The maximum atomic E-state index is 12.5. The molecule has 0 aliphatic carbocycles. The molecule has 2 amide bonds. The van der Waals surface area contributed by atoms with E-state index in [1.54, 1.807) is 36.4 Å². The Morgan fingerprint density at radius 2 is 1.32 bits per heavy atom. The molecule has 0 aliphatic heterocycles. The van der Waals surface area contributed by atoms with Gasteiger partial charge in [-0.2, -0.15) is 0 Å². The number of carbonyl (C=O) groups excluding carboxylic acids is 2. The summed E-state index contributed by atoms with van der Waals surface area (Å²) in [6, 6.07) is 20.3. The van der Waals surface area contributed by atoms with Crippen molar-refractivity contribution in [2.24, 2.45) is 0 Å². The standard InChI is InChI=1S/C24H24N2O4S/c1-17-5-3-7-20(15-17)23(27)25-14-13-19-9-11-22(12-10-19)31(29,30)26-24(28)21-8-4-6-18(2)16-21/h3-12,15-16H,13-14H2,1-2H3,(H,25,27)(H,26,28). The number of rotatable bonds is 7. The van der Waals surface area contributed by atoms with Gasteiger partial charge in [-0.15, -0.1) is 0 Å². The Kier molecular flexibility index (Phi) is 6.87. The van der Waals surface area contributed by atoms with Crippen LogP contribution in [0.2, 0.25) is 0 Å². The molecular weight excluding hydrogens is 412 g/mol. The number of hydrogen-bond donors (Lipinski definition) is 2. The highest BCUT2D eigenvalue weighted by molar-refractivity contribution is 7.90. The zero-order valence-electron chi connectivity index (χ0n) is 17.4. The molecule has 0 fully saturated rings. The molecule has 0 heterocycles. The first-order valence-electron chi connectivity index (χ1n) is 9.82. The molecule has 3 aromatic carbocycles. The molecule has 0 unspecified atom stereocenters. The summed E-state index contributed by atoms with van der Waals surface area (Å²) in [7, 11) is -3.98. The lowest BCUT2D eigenvalue weighted by atomic mass is 10.1. The zero-order valence-corrected chi connectivity index (χ0v) is 18.2. The van der Waals surface area contributed by atoms with Crippen molar-refractivity contribution in [1.29, 1.82) is 0 Å². The van der Waals surface area contributed by atoms with Gasteiger partial charge in [0, 0.05) is 17.7 Å². The van der Waals surface area contributed by atoms with Crippen molar-refractivity contribution >= 4 is 21.8 Å². The molecule has 6 nitrogen and oxygen atoms in total. The average molecular weight is 437 g/mol. The first kappa shape index (κ1) is 22.2. The molecule has 0 radical (unpaired) electrons. The van der Waals surface area contributed by atoms with E-state index in [0.29, 0.717) is 18.5 Å². The minimum Gasteiger partial charge on any atom is -0.352 e. The van der Waals surface area contributed by atoms with E-state index in [-0.39, 0.29) is 16.4 Å². The SMILES string of the molecule is Cc1cccc(C(=O)NCCc2ccc(S(=O)(=O)NC(=O)c3cccc(C)c3)cc2)c1. The van der Waals surface area contributed by atoms with Gasteiger partial charge in [-0.3, -0.25) is 9.59 Å². The van der Waals surface area contributed by atoms with Crippen LogP contribution in [0.5, 0.6) is 0 Å². The fourth-order valence-electron chi connectivity index (χ4n) is 3.07. The van der Waals surface area contributed by atoms with Gasteiger partial charge in [0.2, 0.25) is 0 Å². The minimum atomic E-state index is -3.98. The molecule has 0 bridgehead atoms. The average Bonchev–Trinajstić information content (AvgIpc) is 2.74. The summed E-state index contributed by atoms with van der Waals surface area (Å²) in [6.45, 7) is 4.17. The predicted molar refractivity (Wildman–Crippen MR) is 119 cm³/mol. The monoisotopic (exact) mass is 436 g/mol. The number of sulfonamides is 1. The molecular formula is C24H24N2O4S. The van der Waals surface area contributed by atoms with E-state index < -0.39 is 15.9 Å². The quantitative estimate of drug-likeness (QED) is 0.594. The molecule has 160 valence electrons. The Morgan fingerprint density at radius 3 is 1.87 bits per heavy atom. The molecule has 7 heteroatoms. The van der Waals surface area contributed by atoms with Crippen LogP contribution in [0, 0.1) is 13.8 Å². The van der Waals surface area contributed by atoms with Crippen molar-refractivity contribution in [3.63, 3.8) is 0 Å². The maximum absolute atomic E-state index is 12.5. The molecule has 0 saturated carbocycles. The number of hydrogen-bond acceptors (Lipinski definition) is 4. The van der Waals surface area contributed by atoms with Crippen LogP contribution in [-0.2, 0) is 16.4 Å². The summed E-state index contributed by atoms with van der Waals surface area (Å²) in [5.41, 5.74) is 3.63. The summed E-state index contributed by atoms with van der Waals surface area (Å²) in [5.74, 6) is -0.826. The smallest absolute Gasteiger partial charge is 0.265 e. The molecule has 0 aliphatic rings. The Morgan fingerprint density at radius 1 is 0.774 bits per heavy atom. The summed E-state index contributed by atoms with van der Waals surface area (Å²) >= 11 is 0. The first-order valence-corrected chi connectivity index (χ1v) is 11.3. The van der Waals surface area contributed by atoms with Crippen molar-refractivity contribution in [2.45, 2.75) is 25.2 Å². The van der Waals surface area contributed by atoms with Crippen LogP contribution in [0.1, 0.15) is 37.4 Å². The molecule has 3 aromatic rings. The van der Waals surface area contributed by atoms with Crippen LogP contribution in [0.15, 0.2) is 77.7 Å². The van der Waals surface area contributed by atoms with Crippen LogP contribution in [0.4, 0.5) is 0 Å². The fraction of sp³-hybridized carbons (Fsp3) is 0.167. The molecule has 0 atom stereocenters. The Balaban J connectivity index is 1.57. The van der Waals surface area contributed by atoms with Crippen LogP contribution >= 0.6 is 0 Å². The molecule has 0 spiro atoms. The van der Waals surface area contributed by atoms with E-state index in [9.17, 15) is 18.0 Å². The van der Waals surface area contributed by atoms with Gasteiger partial charge >= 0.3 is 0 Å². The number of carbonyl (C=O) groups is 2. The second kappa shape index (κ2) is 9.57. The van der Waals surface area contributed by atoms with Crippen LogP contribution in [0.25, 0.3) is 0 Å². The van der Waals surface area contributed by atoms with E-state index in [1.165, 1.54) is 12.1 Å². The highest BCUT2D eigenvalue weighted by atomic mass is 32.2. The van der Waals surface area contributed by atoms with Gasteiger partial charge in [-0.1, -0.05) is 47.5 Å². The summed E-state index contributed by atoms with van der Waals surface area (Å²) in [4.78, 5) is 24.4. The van der Waals surface area contributed by atoms with Gasteiger partial charge in [0.1, 0.15) is 0 Å². The third-order valence-corrected chi connectivity index (χ3v) is 6.07. The Bertz CT molecular complexity index is 1200. The van der Waals surface area contributed by atoms with Gasteiger partial charge < -0.3 is 5.32 Å². The van der Waals surface area contributed by atoms with Crippen LogP contribution in [0.3, 0.4) is 0 Å². The van der Waals surface area contributed by atoms with Crippen molar-refractivity contribution < 1.29 is 18.0 Å². The molecule has 31 heavy (non-hydrogen) atoms. The highest BCUT2D eigenvalue weighted by Crippen LogP contribution is 2.13. The van der Waals surface area contributed by atoms with Crippen LogP contribution in [-0.4, -0.2) is 26.8 Å². The lowest BCUT2D eigenvalue weighted by molar-refractivity contribution is 0.0951. The number of nitrogens with one attached hydrogen (secondary N) is 2. The van der Waals surface area contributed by atoms with E-state index >= 15 is 0 Å². The number of aryl methyl sites for hydroxylation is 2. The molecule has 2 N–H and O–H groups in total. The van der Waals surface area contributed by atoms with E-state index in [2.05, 4.69) is 10.0 Å². The van der Waals surface area contributed by atoms with Gasteiger partial charge in [-0.25, -0.2) is 13.1 Å². The van der Waals surface area contributed by atoms with Crippen molar-refractivity contribution in [3.8, 4) is 0 Å². The summed E-state index contributed by atoms with van der Waals surface area (Å²) < 4.78 is 27.1. The molecule has 0 saturated heterocycles. The topological polar surface area (TPSA) is 92.3 Å². The highest BCUT2D eigenvalue weighted by Gasteiger charge is 2.18. The second-order valence-corrected chi connectivity index (χ2v) is 9.01. The maximum Gasteiger partial charge on any atom is 0.265 e. The summed E-state index contributed by atoms with van der Waals surface area (Å²) in [5, 5.41) is 2.85. The number of amides is 2. The third kappa shape index (κ3) is 6.02. The number of benzene rings is 3. The summed E-state index contributed by atoms with van der Waals surface area (Å²) in [6.07, 6.45) is 0.549. The van der Waals surface area contributed by atoms with Gasteiger partial charge in [0.05, 0.1) is 4.90 Å². The fourth-order valence-corrected chi connectivity index (χ4v) is 4.04. The van der Waals surface area contributed by atoms with Crippen molar-refractivity contribution in [2.75, 3.05) is 6.54 Å². The van der Waals surface area contributed by atoms with Gasteiger partial charge in [-0.05, 0) is 62.2 Å².